The maximum Gasteiger partial charge on any atom is 0.217 e. The lowest BCUT2D eigenvalue weighted by Crippen LogP contribution is -1.92. The van der Waals surface area contributed by atoms with Crippen LogP contribution >= 0.6 is 11.3 Å². The van der Waals surface area contributed by atoms with Crippen molar-refractivity contribution >= 4 is 17.1 Å². The van der Waals surface area contributed by atoms with Crippen LogP contribution < -0.4 is 0 Å². The molecule has 0 aromatic carbocycles. The molecule has 12 heavy (non-hydrogen) atoms. The summed E-state index contributed by atoms with van der Waals surface area (Å²) >= 11 is 1.32. The average molecular weight is 183 g/mol. The largest absolute Gasteiger partial charge is 0.501 e. The first-order chi connectivity index (χ1) is 5.84. The first-order valence-corrected chi connectivity index (χ1v) is 4.44. The van der Waals surface area contributed by atoms with Gasteiger partial charge in [-0.3, -0.25) is 4.79 Å². The number of ether oxygens (including phenoxy) is 1. The van der Waals surface area contributed by atoms with Crippen LogP contribution in [0.1, 0.15) is 16.7 Å². The van der Waals surface area contributed by atoms with Gasteiger partial charge < -0.3 is 4.74 Å². The molecule has 1 heterocycles. The smallest absolute Gasteiger partial charge is 0.217 e. The van der Waals surface area contributed by atoms with Crippen molar-refractivity contribution in [3.63, 3.8) is 0 Å². The highest BCUT2D eigenvalue weighted by Crippen LogP contribution is 2.05. The van der Waals surface area contributed by atoms with E-state index in [-0.39, 0.29) is 5.78 Å². The molecule has 1 aromatic rings. The number of thiazole rings is 1. The molecular weight excluding hydrogens is 174 g/mol. The lowest BCUT2D eigenvalue weighted by Gasteiger charge is -1.90. The zero-order valence-corrected chi connectivity index (χ0v) is 7.50. The fourth-order valence-electron chi connectivity index (χ4n) is 0.623. The molecule has 0 fully saturated rings. The van der Waals surface area contributed by atoms with Gasteiger partial charge in [0.1, 0.15) is 0 Å². The second kappa shape index (κ2) is 4.66. The monoisotopic (exact) mass is 183 g/mol. The van der Waals surface area contributed by atoms with Gasteiger partial charge in [0.15, 0.2) is 5.01 Å². The van der Waals surface area contributed by atoms with E-state index in [1.165, 1.54) is 23.7 Å². The SMILES string of the molecule is CCOC=CC(=O)c1nccs1. The van der Waals surface area contributed by atoms with Gasteiger partial charge in [-0.1, -0.05) is 0 Å². The molecule has 0 saturated carbocycles. The molecular formula is C8H9NO2S. The minimum atomic E-state index is -0.113. The van der Waals surface area contributed by atoms with E-state index in [4.69, 9.17) is 4.74 Å². The van der Waals surface area contributed by atoms with Crippen molar-refractivity contribution in [3.8, 4) is 0 Å². The number of hydrogen-bond donors (Lipinski definition) is 0. The molecule has 0 aliphatic heterocycles. The van der Waals surface area contributed by atoms with Crippen LogP contribution in [0.15, 0.2) is 23.9 Å². The second-order valence-electron chi connectivity index (χ2n) is 1.96. The number of nitrogens with zero attached hydrogens (tertiary/aromatic N) is 1. The van der Waals surface area contributed by atoms with Crippen molar-refractivity contribution in [1.29, 1.82) is 0 Å². The Bertz CT molecular complexity index is 267. The third kappa shape index (κ3) is 2.47. The third-order valence-corrected chi connectivity index (χ3v) is 1.91. The first-order valence-electron chi connectivity index (χ1n) is 3.56. The van der Waals surface area contributed by atoms with Crippen molar-refractivity contribution in [1.82, 2.24) is 4.98 Å². The molecule has 4 heteroatoms. The molecule has 1 aromatic heterocycles. The zero-order valence-electron chi connectivity index (χ0n) is 6.69. The predicted octanol–water partition coefficient (Wildman–Crippen LogP) is 1.88. The maximum atomic E-state index is 11.2. The molecule has 0 N–H and O–H groups in total. The van der Waals surface area contributed by atoms with E-state index < -0.39 is 0 Å². The fraction of sp³-hybridized carbons (Fsp3) is 0.250. The summed E-state index contributed by atoms with van der Waals surface area (Å²) in [5, 5.41) is 2.26. The number of carbonyl (C=O) groups is 1. The number of rotatable bonds is 4. The van der Waals surface area contributed by atoms with Gasteiger partial charge in [0.25, 0.3) is 0 Å². The van der Waals surface area contributed by atoms with Gasteiger partial charge in [-0.05, 0) is 6.92 Å². The van der Waals surface area contributed by atoms with E-state index in [1.54, 1.807) is 11.6 Å². The summed E-state index contributed by atoms with van der Waals surface area (Å²) in [6.07, 6.45) is 4.37. The Balaban J connectivity index is 2.50. The van der Waals surface area contributed by atoms with Gasteiger partial charge in [0, 0.05) is 17.7 Å². The Morgan fingerprint density at radius 2 is 2.67 bits per heavy atom. The molecule has 0 saturated heterocycles. The molecule has 3 nitrogen and oxygen atoms in total. The second-order valence-corrected chi connectivity index (χ2v) is 2.85. The summed E-state index contributed by atoms with van der Waals surface area (Å²) < 4.78 is 4.88. The van der Waals surface area contributed by atoms with Crippen LogP contribution in [0.5, 0.6) is 0 Å². The number of ketones is 1. The van der Waals surface area contributed by atoms with E-state index in [9.17, 15) is 4.79 Å². The summed E-state index contributed by atoms with van der Waals surface area (Å²) in [6.45, 7) is 2.43. The molecule has 0 amide bonds. The Morgan fingerprint density at radius 1 is 1.83 bits per heavy atom. The van der Waals surface area contributed by atoms with Gasteiger partial charge in [-0.2, -0.15) is 0 Å². The minimum Gasteiger partial charge on any atom is -0.501 e. The van der Waals surface area contributed by atoms with Crippen LogP contribution in [-0.2, 0) is 4.74 Å². The van der Waals surface area contributed by atoms with Crippen molar-refractivity contribution in [2.75, 3.05) is 6.61 Å². The number of aromatic nitrogens is 1. The van der Waals surface area contributed by atoms with Crippen molar-refractivity contribution in [3.05, 3.63) is 28.9 Å². The van der Waals surface area contributed by atoms with Crippen LogP contribution in [0, 0.1) is 0 Å². The average Bonchev–Trinajstić information content (AvgIpc) is 2.56. The molecule has 0 aliphatic carbocycles. The molecule has 0 radical (unpaired) electrons. The van der Waals surface area contributed by atoms with Crippen LogP contribution in [0.3, 0.4) is 0 Å². The van der Waals surface area contributed by atoms with Gasteiger partial charge >= 0.3 is 0 Å². The quantitative estimate of drug-likeness (QED) is 0.406. The third-order valence-electron chi connectivity index (χ3n) is 1.13. The highest BCUT2D eigenvalue weighted by atomic mass is 32.1. The Labute approximate surface area is 74.7 Å². The van der Waals surface area contributed by atoms with Gasteiger partial charge in [0.2, 0.25) is 5.78 Å². The highest BCUT2D eigenvalue weighted by Gasteiger charge is 2.02. The van der Waals surface area contributed by atoms with Crippen LogP contribution in [0.4, 0.5) is 0 Å². The van der Waals surface area contributed by atoms with Crippen molar-refractivity contribution in [2.24, 2.45) is 0 Å². The molecule has 1 rings (SSSR count). The molecule has 0 aliphatic rings. The molecule has 0 unspecified atom stereocenters. The summed E-state index contributed by atoms with van der Waals surface area (Å²) in [5.41, 5.74) is 0. The van der Waals surface area contributed by atoms with Gasteiger partial charge in [-0.25, -0.2) is 4.98 Å². The summed E-state index contributed by atoms with van der Waals surface area (Å²) in [7, 11) is 0. The zero-order chi connectivity index (χ0) is 8.81. The van der Waals surface area contributed by atoms with Crippen molar-refractivity contribution < 1.29 is 9.53 Å². The van der Waals surface area contributed by atoms with E-state index in [1.807, 2.05) is 6.92 Å². The van der Waals surface area contributed by atoms with Gasteiger partial charge in [0.05, 0.1) is 12.9 Å². The number of carbonyl (C=O) groups excluding carboxylic acids is 1. The lowest BCUT2D eigenvalue weighted by atomic mass is 10.4. The minimum absolute atomic E-state index is 0.113. The van der Waals surface area contributed by atoms with E-state index in [0.29, 0.717) is 11.6 Å². The van der Waals surface area contributed by atoms with Crippen LogP contribution in [-0.4, -0.2) is 17.4 Å². The molecule has 0 atom stereocenters. The Kier molecular flexibility index (Phi) is 3.47. The molecule has 0 bridgehead atoms. The van der Waals surface area contributed by atoms with Crippen LogP contribution in [0.25, 0.3) is 0 Å². The first kappa shape index (κ1) is 8.93. The Hall–Kier alpha value is -1.16. The van der Waals surface area contributed by atoms with E-state index >= 15 is 0 Å². The topological polar surface area (TPSA) is 39.2 Å². The molecule has 64 valence electrons. The molecule has 0 spiro atoms. The van der Waals surface area contributed by atoms with Crippen LogP contribution in [0.2, 0.25) is 0 Å². The fourth-order valence-corrected chi connectivity index (χ4v) is 1.18. The number of allylic oxidation sites excluding steroid dienone is 1. The predicted molar refractivity (Wildman–Crippen MR) is 47.2 cm³/mol. The lowest BCUT2D eigenvalue weighted by molar-refractivity contribution is 0.104. The summed E-state index contributed by atoms with van der Waals surface area (Å²) in [5.74, 6) is -0.113. The summed E-state index contributed by atoms with van der Waals surface area (Å²) in [6, 6.07) is 0. The maximum absolute atomic E-state index is 11.2. The van der Waals surface area contributed by atoms with E-state index in [0.717, 1.165) is 0 Å². The normalized spacial score (nSPS) is 10.4. The summed E-state index contributed by atoms with van der Waals surface area (Å²) in [4.78, 5) is 15.0. The highest BCUT2D eigenvalue weighted by molar-refractivity contribution is 7.11. The Morgan fingerprint density at radius 3 is 3.25 bits per heavy atom. The standard InChI is InChI=1S/C8H9NO2S/c1-2-11-5-3-7(10)8-9-4-6-12-8/h3-6H,2H2,1H3. The van der Waals surface area contributed by atoms with Gasteiger partial charge in [-0.15, -0.1) is 11.3 Å². The van der Waals surface area contributed by atoms with E-state index in [2.05, 4.69) is 4.98 Å². The van der Waals surface area contributed by atoms with Crippen molar-refractivity contribution in [2.45, 2.75) is 6.92 Å². The number of hydrogen-bond acceptors (Lipinski definition) is 4.